The summed E-state index contributed by atoms with van der Waals surface area (Å²) >= 11 is 0. The summed E-state index contributed by atoms with van der Waals surface area (Å²) in [6.45, 7) is 13.6. The predicted molar refractivity (Wildman–Crippen MR) is 156 cm³/mol. The van der Waals surface area contributed by atoms with E-state index in [0.717, 1.165) is 43.1 Å². The van der Waals surface area contributed by atoms with E-state index in [0.29, 0.717) is 5.82 Å². The monoisotopic (exact) mass is 512 g/mol. The van der Waals surface area contributed by atoms with Crippen molar-refractivity contribution < 1.29 is 9.47 Å². The summed E-state index contributed by atoms with van der Waals surface area (Å²) in [5, 5.41) is 0. The van der Waals surface area contributed by atoms with Gasteiger partial charge in [0.25, 0.3) is 0 Å². The highest BCUT2D eigenvalue weighted by atomic mass is 28.3. The number of benzene rings is 1. The number of unbranched alkanes of at least 4 members (excludes halogenated alkanes) is 7. The fourth-order valence-electron chi connectivity index (χ4n) is 3.77. The Kier molecular flexibility index (Phi) is 14.1. The molecular weight excluding hydrogens is 465 g/mol. The Hall–Kier alpha value is -1.80. The third-order valence-corrected chi connectivity index (χ3v) is 9.93. The van der Waals surface area contributed by atoms with Gasteiger partial charge in [-0.15, -0.1) is 5.67 Å². The molecule has 1 aromatic carbocycles. The van der Waals surface area contributed by atoms with Gasteiger partial charge in [0, 0.05) is 22.0 Å². The molecule has 0 unspecified atom stereocenters. The quantitative estimate of drug-likeness (QED) is 0.149. The molecule has 2 rings (SSSR count). The largest absolute Gasteiger partial charge is 0.494 e. The maximum Gasteiger partial charge on any atom is 0.159 e. The van der Waals surface area contributed by atoms with Crippen LogP contribution in [0.1, 0.15) is 64.7 Å². The fraction of sp³-hybridized carbons (Fsp3) is 0.621. The second-order valence-corrected chi connectivity index (χ2v) is 19.0. The highest BCUT2D eigenvalue weighted by Gasteiger charge is 2.10. The number of hydrogen-bond donors (Lipinski definition) is 0. The van der Waals surface area contributed by atoms with Crippen LogP contribution >= 0.6 is 0 Å². The van der Waals surface area contributed by atoms with Crippen molar-refractivity contribution in [3.8, 4) is 22.9 Å². The third kappa shape index (κ3) is 13.8. The molecule has 0 amide bonds. The summed E-state index contributed by atoms with van der Waals surface area (Å²) in [6.07, 6.45) is 14.8. The molecule has 0 aliphatic rings. The van der Waals surface area contributed by atoms with Gasteiger partial charge in [-0.3, -0.25) is 0 Å². The van der Waals surface area contributed by atoms with E-state index >= 15 is 0 Å². The zero-order valence-electron chi connectivity index (χ0n) is 22.9. The van der Waals surface area contributed by atoms with Crippen molar-refractivity contribution in [1.29, 1.82) is 0 Å². The average molecular weight is 513 g/mol. The zero-order chi connectivity index (χ0) is 25.4. The van der Waals surface area contributed by atoms with Crippen molar-refractivity contribution in [3.05, 3.63) is 36.7 Å². The SMILES string of the molecule is CCCCCOc1ccc(-c2ncc(OCCCCCCCC[Si](C)=CC[Si](C)(C)C)cn2)cc1. The maximum absolute atomic E-state index is 5.85. The van der Waals surface area contributed by atoms with Gasteiger partial charge in [-0.1, -0.05) is 78.1 Å². The van der Waals surface area contributed by atoms with Crippen LogP contribution in [-0.2, 0) is 0 Å². The predicted octanol–water partition coefficient (Wildman–Crippen LogP) is 8.28. The Morgan fingerprint density at radius 3 is 1.97 bits per heavy atom. The van der Waals surface area contributed by atoms with Crippen LogP contribution in [0, 0.1) is 0 Å². The second-order valence-electron chi connectivity index (χ2n) is 10.9. The first kappa shape index (κ1) is 29.4. The van der Waals surface area contributed by atoms with Crippen LogP contribution in [0.5, 0.6) is 11.5 Å². The number of aromatic nitrogens is 2. The summed E-state index contributed by atoms with van der Waals surface area (Å²) in [4.78, 5) is 8.96. The smallest absolute Gasteiger partial charge is 0.159 e. The van der Waals surface area contributed by atoms with Gasteiger partial charge < -0.3 is 9.47 Å². The van der Waals surface area contributed by atoms with Crippen LogP contribution < -0.4 is 9.47 Å². The molecule has 0 saturated carbocycles. The molecule has 0 aliphatic heterocycles. The lowest BCUT2D eigenvalue weighted by Gasteiger charge is -2.13. The summed E-state index contributed by atoms with van der Waals surface area (Å²) in [6, 6.07) is 10.9. The van der Waals surface area contributed by atoms with Crippen molar-refractivity contribution in [1.82, 2.24) is 9.97 Å². The molecule has 6 heteroatoms. The average Bonchev–Trinajstić information content (AvgIpc) is 2.85. The van der Waals surface area contributed by atoms with E-state index in [-0.39, 0.29) is 8.41 Å². The summed E-state index contributed by atoms with van der Waals surface area (Å²) in [5.74, 6) is 2.36. The van der Waals surface area contributed by atoms with Crippen molar-refractivity contribution in [2.45, 2.75) is 103 Å². The first-order valence-electron chi connectivity index (χ1n) is 13.7. The van der Waals surface area contributed by atoms with Crippen LogP contribution in [0.3, 0.4) is 0 Å². The van der Waals surface area contributed by atoms with Gasteiger partial charge in [0.15, 0.2) is 11.6 Å². The minimum Gasteiger partial charge on any atom is -0.494 e. The number of nitrogens with zero attached hydrogens (tertiary/aromatic N) is 2. The van der Waals surface area contributed by atoms with Crippen LogP contribution in [0.15, 0.2) is 36.7 Å². The van der Waals surface area contributed by atoms with E-state index in [9.17, 15) is 0 Å². The van der Waals surface area contributed by atoms with Crippen molar-refractivity contribution in [2.24, 2.45) is 0 Å². The van der Waals surface area contributed by atoms with Crippen LogP contribution in [0.4, 0.5) is 0 Å². The number of rotatable bonds is 18. The molecule has 0 saturated heterocycles. The Labute approximate surface area is 217 Å². The molecule has 1 heterocycles. The van der Waals surface area contributed by atoms with Crippen molar-refractivity contribution in [3.63, 3.8) is 0 Å². The van der Waals surface area contributed by atoms with E-state index in [1.807, 2.05) is 24.3 Å². The minimum absolute atomic E-state index is 0.210. The molecule has 0 bridgehead atoms. The third-order valence-electron chi connectivity index (χ3n) is 6.05. The topological polar surface area (TPSA) is 44.2 Å². The molecule has 0 fully saturated rings. The van der Waals surface area contributed by atoms with Crippen LogP contribution in [0.2, 0.25) is 38.3 Å². The Bertz CT molecular complexity index is 846. The Morgan fingerprint density at radius 1 is 0.771 bits per heavy atom. The van der Waals surface area contributed by atoms with Gasteiger partial charge in [-0.05, 0) is 49.2 Å². The molecular formula is C29H48N2O2Si2. The molecule has 0 spiro atoms. The molecule has 35 heavy (non-hydrogen) atoms. The maximum atomic E-state index is 5.85. The van der Waals surface area contributed by atoms with E-state index in [1.165, 1.54) is 57.0 Å². The van der Waals surface area contributed by atoms with E-state index in [2.05, 4.69) is 48.8 Å². The molecule has 2 aromatic rings. The second kappa shape index (κ2) is 16.8. The Balaban J connectivity index is 1.56. The molecule has 194 valence electrons. The van der Waals surface area contributed by atoms with Gasteiger partial charge in [0.1, 0.15) is 5.75 Å². The highest BCUT2D eigenvalue weighted by molar-refractivity contribution is 6.82. The van der Waals surface area contributed by atoms with E-state index in [1.54, 1.807) is 12.4 Å². The van der Waals surface area contributed by atoms with Gasteiger partial charge in [0.05, 0.1) is 25.6 Å². The van der Waals surface area contributed by atoms with Gasteiger partial charge in [-0.25, -0.2) is 9.97 Å². The van der Waals surface area contributed by atoms with Crippen molar-refractivity contribution >= 4 is 22.2 Å². The van der Waals surface area contributed by atoms with E-state index < -0.39 is 8.07 Å². The van der Waals surface area contributed by atoms with Gasteiger partial charge in [-0.2, -0.15) is 0 Å². The summed E-state index contributed by atoms with van der Waals surface area (Å²) in [7, 11) is -1.11. The standard InChI is InChI=1S/C29H48N2O2Si2/c1-6-7-12-19-32-27-17-15-26(16-18-27)29-30-24-28(25-31-29)33-20-13-10-8-9-11-14-21-34(2)22-23-35(3,4)5/h15-18,22,24-25H,6-14,19-21,23H2,1-5H3. The molecule has 0 atom stereocenters. The summed E-state index contributed by atoms with van der Waals surface area (Å²) in [5.41, 5.74) is 3.66. The first-order chi connectivity index (χ1) is 16.9. The number of ether oxygens (including phenoxy) is 2. The normalized spacial score (nSPS) is 12.1. The first-order valence-corrected chi connectivity index (χ1v) is 19.7. The molecule has 4 nitrogen and oxygen atoms in total. The molecule has 1 aromatic heterocycles. The van der Waals surface area contributed by atoms with Crippen LogP contribution in [0.25, 0.3) is 11.4 Å². The zero-order valence-corrected chi connectivity index (χ0v) is 24.9. The molecule has 0 radical (unpaired) electrons. The van der Waals surface area contributed by atoms with Gasteiger partial charge in [0.2, 0.25) is 0 Å². The molecule has 0 aliphatic carbocycles. The molecule has 0 N–H and O–H groups in total. The van der Waals surface area contributed by atoms with Gasteiger partial charge >= 0.3 is 0 Å². The van der Waals surface area contributed by atoms with E-state index in [4.69, 9.17) is 9.47 Å². The lowest BCUT2D eigenvalue weighted by atomic mass is 10.1. The minimum atomic E-state index is -0.898. The fourth-order valence-corrected chi connectivity index (χ4v) is 8.62. The lowest BCUT2D eigenvalue weighted by Crippen LogP contribution is -2.21. The lowest BCUT2D eigenvalue weighted by molar-refractivity contribution is 0.302. The van der Waals surface area contributed by atoms with Crippen molar-refractivity contribution in [2.75, 3.05) is 13.2 Å². The number of hydrogen-bond acceptors (Lipinski definition) is 4. The summed E-state index contributed by atoms with van der Waals surface area (Å²) < 4.78 is 11.6. The van der Waals surface area contributed by atoms with Crippen LogP contribution in [-0.4, -0.2) is 45.3 Å². The Morgan fingerprint density at radius 2 is 1.34 bits per heavy atom. The highest BCUT2D eigenvalue weighted by Crippen LogP contribution is 2.21.